The number of nitrogens with one attached hydrogen (secondary N) is 2. The second-order valence-corrected chi connectivity index (χ2v) is 7.02. The molecule has 29 heavy (non-hydrogen) atoms. The number of nitrogens with zero attached hydrogens (tertiary/aromatic N) is 3. The Morgan fingerprint density at radius 2 is 2.07 bits per heavy atom. The third-order valence-corrected chi connectivity index (χ3v) is 4.80. The molecule has 1 aliphatic heterocycles. The van der Waals surface area contributed by atoms with E-state index in [2.05, 4.69) is 25.5 Å². The molecular formula is C18H27ClF3N5O2. The highest BCUT2D eigenvalue weighted by Crippen LogP contribution is 2.32. The summed E-state index contributed by atoms with van der Waals surface area (Å²) in [5.41, 5.74) is -0.911. The Morgan fingerprint density at radius 3 is 2.66 bits per heavy atom. The van der Waals surface area contributed by atoms with Crippen LogP contribution in [-0.4, -0.2) is 75.4 Å². The molecule has 0 aliphatic carbocycles. The maximum absolute atomic E-state index is 12.6. The van der Waals surface area contributed by atoms with Crippen molar-refractivity contribution < 1.29 is 22.6 Å². The van der Waals surface area contributed by atoms with Crippen LogP contribution in [0.25, 0.3) is 0 Å². The predicted octanol–water partition coefficient (Wildman–Crippen LogP) is 2.41. The van der Waals surface area contributed by atoms with Crippen LogP contribution in [0.3, 0.4) is 0 Å². The van der Waals surface area contributed by atoms with Crippen LogP contribution in [0.15, 0.2) is 17.3 Å². The minimum Gasteiger partial charge on any atom is -0.475 e. The molecule has 7 nitrogen and oxygen atoms in total. The number of ether oxygens (including phenoxy) is 2. The Bertz CT molecular complexity index is 667. The van der Waals surface area contributed by atoms with Crippen LogP contribution in [0.1, 0.15) is 18.4 Å². The van der Waals surface area contributed by atoms with Gasteiger partial charge in [0.15, 0.2) is 5.96 Å². The number of piperidine rings is 1. The first-order valence-corrected chi connectivity index (χ1v) is 9.75. The smallest absolute Gasteiger partial charge is 0.417 e. The van der Waals surface area contributed by atoms with Crippen LogP contribution in [0.5, 0.6) is 5.88 Å². The van der Waals surface area contributed by atoms with Crippen molar-refractivity contribution in [3.63, 3.8) is 0 Å². The molecule has 0 spiro atoms. The van der Waals surface area contributed by atoms with Crippen LogP contribution in [0.2, 0.25) is 5.02 Å². The van der Waals surface area contributed by atoms with Gasteiger partial charge >= 0.3 is 6.18 Å². The second kappa shape index (κ2) is 11.4. The minimum atomic E-state index is -4.49. The summed E-state index contributed by atoms with van der Waals surface area (Å²) in [5.74, 6) is 0.614. The number of guanidine groups is 1. The fraction of sp³-hybridized carbons (Fsp3) is 0.667. The van der Waals surface area contributed by atoms with Crippen molar-refractivity contribution in [3.8, 4) is 5.88 Å². The summed E-state index contributed by atoms with van der Waals surface area (Å²) < 4.78 is 48.3. The molecule has 0 bridgehead atoms. The van der Waals surface area contributed by atoms with E-state index < -0.39 is 11.7 Å². The average Bonchev–Trinajstić information content (AvgIpc) is 2.69. The number of likely N-dealkylation sites (tertiary alicyclic amines) is 1. The van der Waals surface area contributed by atoms with Crippen LogP contribution >= 0.6 is 11.6 Å². The van der Waals surface area contributed by atoms with Gasteiger partial charge in [-0.2, -0.15) is 13.2 Å². The summed E-state index contributed by atoms with van der Waals surface area (Å²) in [7, 11) is 3.38. The van der Waals surface area contributed by atoms with Crippen molar-refractivity contribution in [2.24, 2.45) is 4.99 Å². The molecule has 0 amide bonds. The Kier molecular flexibility index (Phi) is 9.25. The molecule has 1 aliphatic rings. The molecule has 164 valence electrons. The topological polar surface area (TPSA) is 71.0 Å². The standard InChI is InChI=1S/C18H27ClF3N5O2/c1-23-17(26-14-3-6-27(7-4-14)8-10-28-2)24-5-9-29-16-15(19)11-13(12-25-16)18(20,21)22/h11-12,14H,3-10H2,1-2H3,(H2,23,24,26). The highest BCUT2D eigenvalue weighted by Gasteiger charge is 2.31. The van der Waals surface area contributed by atoms with Gasteiger partial charge in [0.1, 0.15) is 11.6 Å². The summed E-state index contributed by atoms with van der Waals surface area (Å²) in [6, 6.07) is 1.13. The van der Waals surface area contributed by atoms with Gasteiger partial charge in [-0.1, -0.05) is 11.6 Å². The zero-order valence-electron chi connectivity index (χ0n) is 16.6. The van der Waals surface area contributed by atoms with Crippen molar-refractivity contribution in [3.05, 3.63) is 22.8 Å². The summed E-state index contributed by atoms with van der Waals surface area (Å²) >= 11 is 5.82. The third-order valence-electron chi connectivity index (χ3n) is 4.53. The monoisotopic (exact) mass is 437 g/mol. The highest BCUT2D eigenvalue weighted by atomic mass is 35.5. The number of alkyl halides is 3. The zero-order valence-corrected chi connectivity index (χ0v) is 17.3. The number of aliphatic imine (C=N–C) groups is 1. The molecule has 0 saturated carbocycles. The lowest BCUT2D eigenvalue weighted by molar-refractivity contribution is -0.137. The van der Waals surface area contributed by atoms with Gasteiger partial charge in [-0.05, 0) is 18.9 Å². The lowest BCUT2D eigenvalue weighted by atomic mass is 10.1. The van der Waals surface area contributed by atoms with E-state index in [1.54, 1.807) is 14.2 Å². The van der Waals surface area contributed by atoms with Crippen LogP contribution in [0.4, 0.5) is 13.2 Å². The quantitative estimate of drug-likeness (QED) is 0.370. The Labute approximate surface area is 173 Å². The highest BCUT2D eigenvalue weighted by molar-refractivity contribution is 6.31. The van der Waals surface area contributed by atoms with E-state index in [0.717, 1.165) is 45.1 Å². The fourth-order valence-corrected chi connectivity index (χ4v) is 3.13. The maximum Gasteiger partial charge on any atom is 0.417 e. The molecule has 0 unspecified atom stereocenters. The molecule has 2 N–H and O–H groups in total. The summed E-state index contributed by atoms with van der Waals surface area (Å²) in [4.78, 5) is 10.2. The number of methoxy groups -OCH3 is 1. The van der Waals surface area contributed by atoms with E-state index in [-0.39, 0.29) is 17.5 Å². The van der Waals surface area contributed by atoms with Gasteiger partial charge in [0.25, 0.3) is 0 Å². The first kappa shape index (κ1) is 23.5. The van der Waals surface area contributed by atoms with Crippen LogP contribution < -0.4 is 15.4 Å². The lowest BCUT2D eigenvalue weighted by Gasteiger charge is -2.32. The Hall–Kier alpha value is -1.78. The second-order valence-electron chi connectivity index (χ2n) is 6.61. The van der Waals surface area contributed by atoms with Crippen molar-refractivity contribution in [2.75, 3.05) is 53.6 Å². The molecule has 11 heteroatoms. The number of hydrogen-bond acceptors (Lipinski definition) is 5. The van der Waals surface area contributed by atoms with Crippen LogP contribution in [-0.2, 0) is 10.9 Å². The van der Waals surface area contributed by atoms with E-state index in [4.69, 9.17) is 21.1 Å². The Morgan fingerprint density at radius 1 is 1.34 bits per heavy atom. The number of halogens is 4. The van der Waals surface area contributed by atoms with Gasteiger partial charge in [-0.25, -0.2) is 4.98 Å². The van der Waals surface area contributed by atoms with Crippen molar-refractivity contribution in [1.29, 1.82) is 0 Å². The van der Waals surface area contributed by atoms with Gasteiger partial charge in [-0.15, -0.1) is 0 Å². The average molecular weight is 438 g/mol. The number of rotatable bonds is 8. The molecule has 1 saturated heterocycles. The van der Waals surface area contributed by atoms with Crippen LogP contribution in [0, 0.1) is 0 Å². The molecule has 0 atom stereocenters. The summed E-state index contributed by atoms with van der Waals surface area (Å²) in [6.45, 7) is 4.24. The SMILES string of the molecule is CN=C(NCCOc1ncc(C(F)(F)F)cc1Cl)NC1CCN(CCOC)CC1. The molecule has 1 fully saturated rings. The lowest BCUT2D eigenvalue weighted by Crippen LogP contribution is -2.49. The van der Waals surface area contributed by atoms with Crippen molar-refractivity contribution >= 4 is 17.6 Å². The first-order chi connectivity index (χ1) is 13.8. The maximum atomic E-state index is 12.6. The van der Waals surface area contributed by atoms with Gasteiger partial charge < -0.3 is 25.0 Å². The van der Waals surface area contributed by atoms with E-state index in [1.165, 1.54) is 0 Å². The van der Waals surface area contributed by atoms with E-state index in [0.29, 0.717) is 24.7 Å². The van der Waals surface area contributed by atoms with Gasteiger partial charge in [0, 0.05) is 46.0 Å². The normalized spacial score (nSPS) is 16.7. The molecule has 1 aromatic heterocycles. The third kappa shape index (κ3) is 7.87. The van der Waals surface area contributed by atoms with Gasteiger partial charge in [0.05, 0.1) is 18.7 Å². The van der Waals surface area contributed by atoms with Gasteiger partial charge in [0.2, 0.25) is 5.88 Å². The predicted molar refractivity (Wildman–Crippen MR) is 106 cm³/mol. The van der Waals surface area contributed by atoms with E-state index >= 15 is 0 Å². The minimum absolute atomic E-state index is 0.0344. The summed E-state index contributed by atoms with van der Waals surface area (Å²) in [5, 5.41) is 6.31. The molecule has 0 aromatic carbocycles. The Balaban J connectivity index is 1.70. The molecular weight excluding hydrogens is 411 g/mol. The number of hydrogen-bond donors (Lipinski definition) is 2. The molecule has 2 rings (SSSR count). The molecule has 0 radical (unpaired) electrons. The number of pyridine rings is 1. The van der Waals surface area contributed by atoms with E-state index in [9.17, 15) is 13.2 Å². The van der Waals surface area contributed by atoms with Crippen molar-refractivity contribution in [2.45, 2.75) is 25.1 Å². The first-order valence-electron chi connectivity index (χ1n) is 9.37. The summed E-state index contributed by atoms with van der Waals surface area (Å²) in [6.07, 6.45) is -1.78. The van der Waals surface area contributed by atoms with Crippen molar-refractivity contribution in [1.82, 2.24) is 20.5 Å². The fourth-order valence-electron chi connectivity index (χ4n) is 2.91. The molecule has 2 heterocycles. The van der Waals surface area contributed by atoms with E-state index in [1.807, 2.05) is 0 Å². The molecule has 1 aromatic rings. The zero-order chi connectivity index (χ0) is 21.3. The largest absolute Gasteiger partial charge is 0.475 e. The number of aromatic nitrogens is 1. The van der Waals surface area contributed by atoms with Gasteiger partial charge in [-0.3, -0.25) is 4.99 Å².